The van der Waals surface area contributed by atoms with Crippen LogP contribution in [0, 0.1) is 0 Å². The van der Waals surface area contributed by atoms with Gasteiger partial charge in [-0.05, 0) is 79.6 Å². The van der Waals surface area contributed by atoms with E-state index in [9.17, 15) is 4.79 Å². The second-order valence-corrected chi connectivity index (χ2v) is 8.62. The lowest BCUT2D eigenvalue weighted by Crippen LogP contribution is -2.32. The van der Waals surface area contributed by atoms with E-state index in [2.05, 4.69) is 34.1 Å². The number of likely N-dealkylation sites (tertiary alicyclic amines) is 1. The van der Waals surface area contributed by atoms with Crippen LogP contribution in [0.2, 0.25) is 0 Å². The van der Waals surface area contributed by atoms with Crippen LogP contribution in [0.3, 0.4) is 0 Å². The topological polar surface area (TPSA) is 67.5 Å². The van der Waals surface area contributed by atoms with E-state index in [0.717, 1.165) is 50.1 Å². The second-order valence-electron chi connectivity index (χ2n) is 8.62. The molecule has 3 aromatic rings. The SMILES string of the molecule is CCCCc1ccnc2[nH]cc(C3CCN(Cc4ccc(OC)c(C(=O)OC)c4)CC3)c12. The predicted molar refractivity (Wildman–Crippen MR) is 126 cm³/mol. The van der Waals surface area contributed by atoms with E-state index >= 15 is 0 Å². The summed E-state index contributed by atoms with van der Waals surface area (Å²) in [5.41, 5.74) is 5.45. The molecule has 0 saturated carbocycles. The number of fused-ring (bicyclic) bond motifs is 1. The first-order valence-corrected chi connectivity index (χ1v) is 11.6. The first kappa shape index (κ1) is 22.3. The maximum atomic E-state index is 12.1. The number of nitrogens with one attached hydrogen (secondary N) is 1. The number of unbranched alkanes of at least 4 members (excludes halogenated alkanes) is 1. The van der Waals surface area contributed by atoms with E-state index in [4.69, 9.17) is 9.47 Å². The zero-order valence-electron chi connectivity index (χ0n) is 19.3. The lowest BCUT2D eigenvalue weighted by Gasteiger charge is -2.32. The van der Waals surface area contributed by atoms with Crippen LogP contribution in [-0.4, -0.2) is 48.1 Å². The van der Waals surface area contributed by atoms with Gasteiger partial charge in [0.1, 0.15) is 17.0 Å². The highest BCUT2D eigenvalue weighted by molar-refractivity contribution is 5.92. The monoisotopic (exact) mass is 435 g/mol. The molecule has 170 valence electrons. The van der Waals surface area contributed by atoms with Gasteiger partial charge in [-0.25, -0.2) is 9.78 Å². The van der Waals surface area contributed by atoms with Crippen molar-refractivity contribution in [1.29, 1.82) is 0 Å². The number of benzene rings is 1. The molecule has 0 aliphatic carbocycles. The molecule has 1 saturated heterocycles. The largest absolute Gasteiger partial charge is 0.496 e. The van der Waals surface area contributed by atoms with Gasteiger partial charge in [0.2, 0.25) is 0 Å². The van der Waals surface area contributed by atoms with Crippen LogP contribution in [0.1, 0.15) is 65.6 Å². The smallest absolute Gasteiger partial charge is 0.341 e. The molecule has 6 nitrogen and oxygen atoms in total. The molecule has 0 atom stereocenters. The maximum Gasteiger partial charge on any atom is 0.341 e. The van der Waals surface area contributed by atoms with E-state index in [0.29, 0.717) is 17.2 Å². The minimum atomic E-state index is -0.366. The quantitative estimate of drug-likeness (QED) is 0.500. The maximum absolute atomic E-state index is 12.1. The van der Waals surface area contributed by atoms with Gasteiger partial charge in [-0.15, -0.1) is 0 Å². The summed E-state index contributed by atoms with van der Waals surface area (Å²) in [7, 11) is 2.97. The van der Waals surface area contributed by atoms with E-state index < -0.39 is 0 Å². The minimum absolute atomic E-state index is 0.366. The summed E-state index contributed by atoms with van der Waals surface area (Å²) in [4.78, 5) is 22.5. The number of aromatic amines is 1. The van der Waals surface area contributed by atoms with Crippen LogP contribution in [0.15, 0.2) is 36.7 Å². The number of hydrogen-bond donors (Lipinski definition) is 1. The Hall–Kier alpha value is -2.86. The lowest BCUT2D eigenvalue weighted by molar-refractivity contribution is 0.0597. The number of ether oxygens (including phenoxy) is 2. The summed E-state index contributed by atoms with van der Waals surface area (Å²) in [5, 5.41) is 1.34. The van der Waals surface area contributed by atoms with Crippen LogP contribution in [0.4, 0.5) is 0 Å². The third kappa shape index (κ3) is 4.65. The highest BCUT2D eigenvalue weighted by Crippen LogP contribution is 2.35. The number of rotatable bonds is 8. The van der Waals surface area contributed by atoms with Gasteiger partial charge in [0.05, 0.1) is 14.2 Å². The Balaban J connectivity index is 1.45. The fourth-order valence-corrected chi connectivity index (χ4v) is 4.83. The number of carbonyl (C=O) groups is 1. The first-order valence-electron chi connectivity index (χ1n) is 11.6. The van der Waals surface area contributed by atoms with Gasteiger partial charge in [-0.1, -0.05) is 19.4 Å². The standard InChI is InChI=1S/C26H33N3O3/c1-4-5-6-20-9-12-27-25-24(20)22(16-28-25)19-10-13-29(14-11-19)17-18-7-8-23(31-2)21(15-18)26(30)32-3/h7-9,12,15-16,19H,4-6,10-11,13-14,17H2,1-3H3,(H,27,28). The molecule has 0 unspecified atom stereocenters. The average molecular weight is 436 g/mol. The fourth-order valence-electron chi connectivity index (χ4n) is 4.83. The Kier molecular flexibility index (Phi) is 7.10. The Morgan fingerprint density at radius 2 is 2.03 bits per heavy atom. The number of methoxy groups -OCH3 is 2. The van der Waals surface area contributed by atoms with Gasteiger partial charge in [0.25, 0.3) is 0 Å². The second kappa shape index (κ2) is 10.2. The summed E-state index contributed by atoms with van der Waals surface area (Å²) < 4.78 is 10.2. The van der Waals surface area contributed by atoms with Crippen molar-refractivity contribution < 1.29 is 14.3 Å². The number of carbonyl (C=O) groups excluding carboxylic acids is 1. The van der Waals surface area contributed by atoms with Crippen LogP contribution < -0.4 is 4.74 Å². The summed E-state index contributed by atoms with van der Waals surface area (Å²) >= 11 is 0. The van der Waals surface area contributed by atoms with Crippen LogP contribution in [-0.2, 0) is 17.7 Å². The molecule has 0 radical (unpaired) electrons. The van der Waals surface area contributed by atoms with Crippen molar-refractivity contribution in [2.75, 3.05) is 27.3 Å². The van der Waals surface area contributed by atoms with E-state index in [1.165, 1.54) is 36.5 Å². The Labute approximate surface area is 189 Å². The molecule has 4 rings (SSSR count). The molecule has 0 bridgehead atoms. The average Bonchev–Trinajstić information content (AvgIpc) is 3.27. The van der Waals surface area contributed by atoms with Gasteiger partial charge in [-0.2, -0.15) is 0 Å². The van der Waals surface area contributed by atoms with Gasteiger partial charge < -0.3 is 14.5 Å². The van der Waals surface area contributed by atoms with Crippen molar-refractivity contribution in [2.45, 2.75) is 51.5 Å². The third-order valence-corrected chi connectivity index (χ3v) is 6.59. The number of hydrogen-bond acceptors (Lipinski definition) is 5. The Morgan fingerprint density at radius 3 is 2.75 bits per heavy atom. The molecule has 1 N–H and O–H groups in total. The van der Waals surface area contributed by atoms with Gasteiger partial charge in [-0.3, -0.25) is 4.90 Å². The zero-order valence-corrected chi connectivity index (χ0v) is 19.3. The molecule has 3 heterocycles. The molecular weight excluding hydrogens is 402 g/mol. The van der Waals surface area contributed by atoms with Crippen LogP contribution in [0.25, 0.3) is 11.0 Å². The van der Waals surface area contributed by atoms with Crippen molar-refractivity contribution >= 4 is 17.0 Å². The van der Waals surface area contributed by atoms with E-state index in [1.54, 1.807) is 7.11 Å². The van der Waals surface area contributed by atoms with Crippen molar-refractivity contribution in [2.24, 2.45) is 0 Å². The van der Waals surface area contributed by atoms with E-state index in [1.807, 2.05) is 24.4 Å². The number of aryl methyl sites for hydroxylation is 1. The number of pyridine rings is 1. The number of aromatic nitrogens is 2. The summed E-state index contributed by atoms with van der Waals surface area (Å²) in [6, 6.07) is 7.96. The van der Waals surface area contributed by atoms with Crippen molar-refractivity contribution in [3.8, 4) is 5.75 Å². The molecule has 0 spiro atoms. The number of esters is 1. The molecular formula is C26H33N3O3. The highest BCUT2D eigenvalue weighted by atomic mass is 16.5. The van der Waals surface area contributed by atoms with Crippen LogP contribution in [0.5, 0.6) is 5.75 Å². The predicted octanol–water partition coefficient (Wildman–Crippen LogP) is 5.08. The van der Waals surface area contributed by atoms with Gasteiger partial charge >= 0.3 is 5.97 Å². The lowest BCUT2D eigenvalue weighted by atomic mass is 9.87. The zero-order chi connectivity index (χ0) is 22.5. The molecule has 1 aromatic carbocycles. The van der Waals surface area contributed by atoms with Gasteiger partial charge in [0.15, 0.2) is 0 Å². The summed E-state index contributed by atoms with van der Waals surface area (Å²) in [6.45, 7) is 5.12. The molecule has 32 heavy (non-hydrogen) atoms. The highest BCUT2D eigenvalue weighted by Gasteiger charge is 2.24. The molecule has 6 heteroatoms. The minimum Gasteiger partial charge on any atom is -0.496 e. The summed E-state index contributed by atoms with van der Waals surface area (Å²) in [6.07, 6.45) is 9.86. The number of nitrogens with zero attached hydrogens (tertiary/aromatic N) is 2. The normalized spacial score (nSPS) is 15.2. The van der Waals surface area contributed by atoms with E-state index in [-0.39, 0.29) is 5.97 Å². The summed E-state index contributed by atoms with van der Waals surface area (Å²) in [5.74, 6) is 0.728. The Bertz CT molecular complexity index is 1070. The fraction of sp³-hybridized carbons (Fsp3) is 0.462. The van der Waals surface area contributed by atoms with Crippen molar-refractivity contribution in [1.82, 2.24) is 14.9 Å². The number of piperidine rings is 1. The molecule has 1 fully saturated rings. The van der Waals surface area contributed by atoms with Crippen molar-refractivity contribution in [3.05, 3.63) is 58.9 Å². The first-order chi connectivity index (χ1) is 15.6. The van der Waals surface area contributed by atoms with Gasteiger partial charge in [0, 0.05) is 24.3 Å². The van der Waals surface area contributed by atoms with Crippen molar-refractivity contribution in [3.63, 3.8) is 0 Å². The van der Waals surface area contributed by atoms with Crippen LogP contribution >= 0.6 is 0 Å². The molecule has 2 aromatic heterocycles. The molecule has 0 amide bonds. The molecule has 1 aliphatic rings. The molecule has 1 aliphatic heterocycles. The third-order valence-electron chi connectivity index (χ3n) is 6.59. The Morgan fingerprint density at radius 1 is 1.22 bits per heavy atom. The number of H-pyrrole nitrogens is 1.